The molecule has 0 aliphatic rings. The normalized spacial score (nSPS) is 10.6. The van der Waals surface area contributed by atoms with Crippen LogP contribution in [0.2, 0.25) is 0 Å². The maximum absolute atomic E-state index is 5.12. The van der Waals surface area contributed by atoms with Crippen LogP contribution in [0.4, 0.5) is 0 Å². The Morgan fingerprint density at radius 2 is 2.12 bits per heavy atom. The number of ether oxygens (including phenoxy) is 1. The van der Waals surface area contributed by atoms with E-state index in [-0.39, 0.29) is 0 Å². The highest BCUT2D eigenvalue weighted by atomic mass is 32.2. The zero-order chi connectivity index (χ0) is 11.6. The lowest BCUT2D eigenvalue weighted by molar-refractivity contribution is 0.185. The van der Waals surface area contributed by atoms with Crippen molar-refractivity contribution in [2.24, 2.45) is 0 Å². The van der Waals surface area contributed by atoms with E-state index in [4.69, 9.17) is 4.74 Å². The van der Waals surface area contributed by atoms with Crippen molar-refractivity contribution in [3.8, 4) is 0 Å². The number of hydrogen-bond acceptors (Lipinski definition) is 3. The van der Waals surface area contributed by atoms with Crippen molar-refractivity contribution in [1.82, 2.24) is 5.32 Å². The molecule has 0 fully saturated rings. The fourth-order valence-corrected chi connectivity index (χ4v) is 2.09. The van der Waals surface area contributed by atoms with Gasteiger partial charge in [0.2, 0.25) is 0 Å². The Morgan fingerprint density at radius 3 is 2.88 bits per heavy atom. The third-order valence-electron chi connectivity index (χ3n) is 2.26. The van der Waals surface area contributed by atoms with Gasteiger partial charge in [-0.05, 0) is 16.9 Å². The van der Waals surface area contributed by atoms with Crippen molar-refractivity contribution in [3.63, 3.8) is 0 Å². The predicted octanol–water partition coefficient (Wildman–Crippen LogP) is 2.68. The van der Waals surface area contributed by atoms with E-state index in [0.29, 0.717) is 6.61 Å². The molecule has 2 nitrogen and oxygen atoms in total. The predicted molar refractivity (Wildman–Crippen MR) is 71.9 cm³/mol. The summed E-state index contributed by atoms with van der Waals surface area (Å²) in [4.78, 5) is 0. The van der Waals surface area contributed by atoms with Crippen LogP contribution in [-0.2, 0) is 17.9 Å². The van der Waals surface area contributed by atoms with Crippen molar-refractivity contribution in [2.75, 3.05) is 25.2 Å². The van der Waals surface area contributed by atoms with Gasteiger partial charge in [0.05, 0.1) is 6.61 Å². The molecular formula is C13H21NOS. The largest absolute Gasteiger partial charge is 0.380 e. The summed E-state index contributed by atoms with van der Waals surface area (Å²) in [6.45, 7) is 4.91. The lowest BCUT2D eigenvalue weighted by atomic mass is 10.1. The molecular weight excluding hydrogens is 218 g/mol. The first kappa shape index (κ1) is 13.6. The van der Waals surface area contributed by atoms with Crippen molar-refractivity contribution in [1.29, 1.82) is 0 Å². The lowest BCUT2D eigenvalue weighted by Crippen LogP contribution is -2.16. The summed E-state index contributed by atoms with van der Waals surface area (Å²) in [5.41, 5.74) is 2.57. The molecule has 0 aliphatic heterocycles. The Labute approximate surface area is 103 Å². The summed E-state index contributed by atoms with van der Waals surface area (Å²) in [6, 6.07) is 8.54. The number of methoxy groups -OCH3 is 1. The molecule has 3 heteroatoms. The molecule has 0 heterocycles. The van der Waals surface area contributed by atoms with Crippen LogP contribution in [0, 0.1) is 0 Å². The van der Waals surface area contributed by atoms with Crippen LogP contribution in [0.15, 0.2) is 24.3 Å². The number of hydrogen-bond donors (Lipinski definition) is 1. The van der Waals surface area contributed by atoms with Crippen molar-refractivity contribution < 1.29 is 4.74 Å². The third-order valence-corrected chi connectivity index (χ3v) is 3.16. The number of benzene rings is 1. The van der Waals surface area contributed by atoms with Crippen LogP contribution in [0.1, 0.15) is 18.1 Å². The summed E-state index contributed by atoms with van der Waals surface area (Å²) in [7, 11) is 1.73. The Balaban J connectivity index is 2.27. The van der Waals surface area contributed by atoms with E-state index >= 15 is 0 Å². The first-order valence-electron chi connectivity index (χ1n) is 5.72. The third kappa shape index (κ3) is 5.54. The first-order valence-corrected chi connectivity index (χ1v) is 6.87. The van der Waals surface area contributed by atoms with Gasteiger partial charge in [0.25, 0.3) is 0 Å². The lowest BCUT2D eigenvalue weighted by Gasteiger charge is -2.06. The van der Waals surface area contributed by atoms with Gasteiger partial charge in [-0.2, -0.15) is 11.8 Å². The smallest absolute Gasteiger partial charge is 0.0713 e. The number of thioether (sulfide) groups is 1. The Morgan fingerprint density at radius 1 is 1.31 bits per heavy atom. The Hall–Kier alpha value is -0.510. The highest BCUT2D eigenvalue weighted by molar-refractivity contribution is 7.99. The average Bonchev–Trinajstić information content (AvgIpc) is 2.30. The second-order valence-electron chi connectivity index (χ2n) is 3.63. The van der Waals surface area contributed by atoms with Gasteiger partial charge in [-0.3, -0.25) is 0 Å². The number of nitrogens with one attached hydrogen (secondary N) is 1. The highest BCUT2D eigenvalue weighted by Gasteiger charge is 1.95. The molecule has 0 saturated heterocycles. The molecule has 1 aromatic rings. The Bertz CT molecular complexity index is 291. The zero-order valence-electron chi connectivity index (χ0n) is 10.2. The summed E-state index contributed by atoms with van der Waals surface area (Å²) in [5.74, 6) is 2.39. The Kier molecular flexibility index (Phi) is 7.30. The molecule has 0 saturated carbocycles. The molecule has 0 spiro atoms. The van der Waals surface area contributed by atoms with Crippen LogP contribution in [0.3, 0.4) is 0 Å². The molecule has 0 unspecified atom stereocenters. The van der Waals surface area contributed by atoms with Crippen LogP contribution in [0.5, 0.6) is 0 Å². The van der Waals surface area contributed by atoms with Crippen LogP contribution >= 0.6 is 11.8 Å². The highest BCUT2D eigenvalue weighted by Crippen LogP contribution is 2.06. The minimum Gasteiger partial charge on any atom is -0.380 e. The monoisotopic (exact) mass is 239 g/mol. The topological polar surface area (TPSA) is 21.3 Å². The van der Waals surface area contributed by atoms with E-state index in [1.165, 1.54) is 22.6 Å². The van der Waals surface area contributed by atoms with E-state index in [2.05, 4.69) is 36.5 Å². The van der Waals surface area contributed by atoms with E-state index in [9.17, 15) is 0 Å². The molecule has 0 radical (unpaired) electrons. The molecule has 0 amide bonds. The van der Waals surface area contributed by atoms with Gasteiger partial charge < -0.3 is 10.1 Å². The molecule has 1 N–H and O–H groups in total. The maximum atomic E-state index is 5.12. The summed E-state index contributed by atoms with van der Waals surface area (Å²) >= 11 is 1.97. The molecule has 16 heavy (non-hydrogen) atoms. The van der Waals surface area contributed by atoms with Gasteiger partial charge in [-0.25, -0.2) is 0 Å². The number of rotatable bonds is 8. The van der Waals surface area contributed by atoms with Crippen molar-refractivity contribution >= 4 is 11.8 Å². The van der Waals surface area contributed by atoms with Gasteiger partial charge >= 0.3 is 0 Å². The van der Waals surface area contributed by atoms with Crippen molar-refractivity contribution in [2.45, 2.75) is 20.1 Å². The molecule has 0 bridgehead atoms. The first-order chi connectivity index (χ1) is 7.86. The SMILES string of the molecule is CCSCCNCc1cccc(COC)c1. The van der Waals surface area contributed by atoms with Gasteiger partial charge in [-0.15, -0.1) is 0 Å². The van der Waals surface area contributed by atoms with Gasteiger partial charge in [0, 0.05) is 26.0 Å². The molecule has 1 rings (SSSR count). The average molecular weight is 239 g/mol. The van der Waals surface area contributed by atoms with E-state index in [1.807, 2.05) is 11.8 Å². The second-order valence-corrected chi connectivity index (χ2v) is 5.02. The molecule has 0 atom stereocenters. The molecule has 0 aromatic heterocycles. The maximum Gasteiger partial charge on any atom is 0.0713 e. The molecule has 90 valence electrons. The fraction of sp³-hybridized carbons (Fsp3) is 0.538. The fourth-order valence-electron chi connectivity index (χ4n) is 1.52. The summed E-state index contributed by atoms with van der Waals surface area (Å²) in [5, 5.41) is 3.44. The quantitative estimate of drug-likeness (QED) is 0.705. The molecule has 0 aliphatic carbocycles. The van der Waals surface area contributed by atoms with Crippen LogP contribution in [-0.4, -0.2) is 25.2 Å². The second kappa shape index (κ2) is 8.62. The van der Waals surface area contributed by atoms with Gasteiger partial charge in [0.1, 0.15) is 0 Å². The van der Waals surface area contributed by atoms with E-state index in [1.54, 1.807) is 7.11 Å². The van der Waals surface area contributed by atoms with Gasteiger partial charge in [-0.1, -0.05) is 31.2 Å². The molecule has 1 aromatic carbocycles. The van der Waals surface area contributed by atoms with Crippen molar-refractivity contribution in [3.05, 3.63) is 35.4 Å². The van der Waals surface area contributed by atoms with Gasteiger partial charge in [0.15, 0.2) is 0 Å². The summed E-state index contributed by atoms with van der Waals surface area (Å²) in [6.07, 6.45) is 0. The van der Waals surface area contributed by atoms with Crippen LogP contribution in [0.25, 0.3) is 0 Å². The summed E-state index contributed by atoms with van der Waals surface area (Å²) < 4.78 is 5.12. The van der Waals surface area contributed by atoms with E-state index in [0.717, 1.165) is 13.1 Å². The zero-order valence-corrected chi connectivity index (χ0v) is 11.0. The minimum absolute atomic E-state index is 0.694. The van der Waals surface area contributed by atoms with Crippen LogP contribution < -0.4 is 5.32 Å². The minimum atomic E-state index is 0.694. The standard InChI is InChI=1S/C13H21NOS/c1-3-16-8-7-14-10-12-5-4-6-13(9-12)11-15-2/h4-6,9,14H,3,7-8,10-11H2,1-2H3. The van der Waals surface area contributed by atoms with E-state index < -0.39 is 0 Å².